The highest BCUT2D eigenvalue weighted by molar-refractivity contribution is 6.33. The quantitative estimate of drug-likeness (QED) is 0.945. The Bertz CT molecular complexity index is 634. The Hall–Kier alpha value is -1.98. The molecule has 0 spiro atoms. The second kappa shape index (κ2) is 6.65. The highest BCUT2D eigenvalue weighted by atomic mass is 35.5. The second-order valence-electron chi connectivity index (χ2n) is 4.61. The van der Waals surface area contributed by atoms with E-state index in [-0.39, 0.29) is 23.3 Å². The van der Waals surface area contributed by atoms with Crippen molar-refractivity contribution in [3.8, 4) is 0 Å². The first kappa shape index (κ1) is 15.4. The summed E-state index contributed by atoms with van der Waals surface area (Å²) in [6, 6.07) is 7.02. The van der Waals surface area contributed by atoms with Gasteiger partial charge in [-0.05, 0) is 23.8 Å². The van der Waals surface area contributed by atoms with E-state index >= 15 is 0 Å². The van der Waals surface area contributed by atoms with Gasteiger partial charge in [-0.2, -0.15) is 0 Å². The number of benzene rings is 1. The lowest BCUT2D eigenvalue weighted by Gasteiger charge is -2.21. The molecule has 0 saturated carbocycles. The van der Waals surface area contributed by atoms with Crippen LogP contribution >= 0.6 is 11.6 Å². The zero-order chi connectivity index (χ0) is 15.4. The number of likely N-dealkylation sites (N-methyl/N-ethyl adjacent to an activating group) is 1. The first-order valence-electron chi connectivity index (χ1n) is 6.27. The molecular formula is C15H14ClFN2O2. The Kier molecular flexibility index (Phi) is 4.88. The largest absolute Gasteiger partial charge is 0.387 e. The van der Waals surface area contributed by atoms with Crippen LogP contribution in [-0.2, 0) is 0 Å². The van der Waals surface area contributed by atoms with Crippen molar-refractivity contribution in [3.63, 3.8) is 0 Å². The van der Waals surface area contributed by atoms with Crippen molar-refractivity contribution in [2.75, 3.05) is 13.6 Å². The van der Waals surface area contributed by atoms with Crippen LogP contribution in [0.5, 0.6) is 0 Å². The molecule has 2 rings (SSSR count). The predicted molar refractivity (Wildman–Crippen MR) is 77.6 cm³/mol. The van der Waals surface area contributed by atoms with E-state index in [1.807, 2.05) is 0 Å². The number of carbonyl (C=O) groups is 1. The average Bonchev–Trinajstić information content (AvgIpc) is 2.47. The van der Waals surface area contributed by atoms with E-state index in [0.717, 1.165) is 0 Å². The standard InChI is InChI=1S/C15H14ClFN2O2/c1-19(15(21)12-6-7-18-8-13(12)16)9-14(20)10-2-4-11(17)5-3-10/h2-8,14,20H,9H2,1H3/t14-/m1/s1. The summed E-state index contributed by atoms with van der Waals surface area (Å²) < 4.78 is 12.8. The van der Waals surface area contributed by atoms with Crippen molar-refractivity contribution in [1.82, 2.24) is 9.88 Å². The lowest BCUT2D eigenvalue weighted by Crippen LogP contribution is -2.31. The van der Waals surface area contributed by atoms with Gasteiger partial charge in [0.15, 0.2) is 0 Å². The minimum Gasteiger partial charge on any atom is -0.387 e. The summed E-state index contributed by atoms with van der Waals surface area (Å²) in [5, 5.41) is 10.3. The van der Waals surface area contributed by atoms with Crippen LogP contribution in [0.3, 0.4) is 0 Å². The molecule has 1 N–H and O–H groups in total. The Morgan fingerprint density at radius 3 is 2.67 bits per heavy atom. The highest BCUT2D eigenvalue weighted by Gasteiger charge is 2.18. The van der Waals surface area contributed by atoms with E-state index < -0.39 is 6.10 Å². The lowest BCUT2D eigenvalue weighted by atomic mass is 10.1. The molecule has 1 heterocycles. The fourth-order valence-corrected chi connectivity index (χ4v) is 2.09. The van der Waals surface area contributed by atoms with Crippen LogP contribution in [0.2, 0.25) is 5.02 Å². The first-order valence-corrected chi connectivity index (χ1v) is 6.65. The molecule has 1 atom stereocenters. The summed E-state index contributed by atoms with van der Waals surface area (Å²) in [6.45, 7) is 0.0725. The zero-order valence-electron chi connectivity index (χ0n) is 11.3. The monoisotopic (exact) mass is 308 g/mol. The van der Waals surface area contributed by atoms with Crippen molar-refractivity contribution in [3.05, 3.63) is 64.7 Å². The minimum absolute atomic E-state index is 0.0725. The molecule has 0 fully saturated rings. The van der Waals surface area contributed by atoms with Gasteiger partial charge in [0.2, 0.25) is 0 Å². The maximum Gasteiger partial charge on any atom is 0.255 e. The molecule has 6 heteroatoms. The Morgan fingerprint density at radius 2 is 2.05 bits per heavy atom. The summed E-state index contributed by atoms with van der Waals surface area (Å²) in [7, 11) is 1.56. The zero-order valence-corrected chi connectivity index (χ0v) is 12.1. The van der Waals surface area contributed by atoms with E-state index in [4.69, 9.17) is 11.6 Å². The van der Waals surface area contributed by atoms with E-state index in [9.17, 15) is 14.3 Å². The molecule has 4 nitrogen and oxygen atoms in total. The highest BCUT2D eigenvalue weighted by Crippen LogP contribution is 2.18. The van der Waals surface area contributed by atoms with Crippen molar-refractivity contribution >= 4 is 17.5 Å². The van der Waals surface area contributed by atoms with E-state index in [1.165, 1.54) is 47.6 Å². The number of amides is 1. The van der Waals surface area contributed by atoms with Crippen molar-refractivity contribution in [1.29, 1.82) is 0 Å². The fourth-order valence-electron chi connectivity index (χ4n) is 1.89. The third-order valence-electron chi connectivity index (χ3n) is 3.05. The molecular weight excluding hydrogens is 295 g/mol. The Morgan fingerprint density at radius 1 is 1.38 bits per heavy atom. The van der Waals surface area contributed by atoms with E-state index in [2.05, 4.69) is 4.98 Å². The van der Waals surface area contributed by atoms with Crippen LogP contribution in [-0.4, -0.2) is 34.5 Å². The number of pyridine rings is 1. The number of nitrogens with zero attached hydrogens (tertiary/aromatic N) is 2. The smallest absolute Gasteiger partial charge is 0.255 e. The van der Waals surface area contributed by atoms with Gasteiger partial charge in [-0.3, -0.25) is 9.78 Å². The van der Waals surface area contributed by atoms with Gasteiger partial charge in [-0.15, -0.1) is 0 Å². The number of hydrogen-bond donors (Lipinski definition) is 1. The lowest BCUT2D eigenvalue weighted by molar-refractivity contribution is 0.0681. The topological polar surface area (TPSA) is 53.4 Å². The third-order valence-corrected chi connectivity index (χ3v) is 3.35. The van der Waals surface area contributed by atoms with Crippen molar-refractivity contribution in [2.45, 2.75) is 6.10 Å². The van der Waals surface area contributed by atoms with Gasteiger partial charge in [0.05, 0.1) is 23.2 Å². The Labute approximate surface area is 126 Å². The molecule has 1 amide bonds. The van der Waals surface area contributed by atoms with Gasteiger partial charge in [-0.1, -0.05) is 23.7 Å². The van der Waals surface area contributed by atoms with Crippen LogP contribution in [0.25, 0.3) is 0 Å². The number of rotatable bonds is 4. The molecule has 0 aliphatic carbocycles. The van der Waals surface area contributed by atoms with Gasteiger partial charge in [-0.25, -0.2) is 4.39 Å². The number of aromatic nitrogens is 1. The summed E-state index contributed by atoms with van der Waals surface area (Å²) in [5.41, 5.74) is 0.859. The maximum absolute atomic E-state index is 12.8. The molecule has 2 aromatic rings. The van der Waals surface area contributed by atoms with Crippen LogP contribution in [0.1, 0.15) is 22.0 Å². The second-order valence-corrected chi connectivity index (χ2v) is 5.02. The van der Waals surface area contributed by atoms with E-state index in [0.29, 0.717) is 11.1 Å². The predicted octanol–water partition coefficient (Wildman–Crippen LogP) is 2.68. The molecule has 0 radical (unpaired) electrons. The molecule has 0 bridgehead atoms. The van der Waals surface area contributed by atoms with Gasteiger partial charge in [0.1, 0.15) is 5.82 Å². The summed E-state index contributed by atoms with van der Waals surface area (Å²) in [5.74, 6) is -0.692. The third kappa shape index (κ3) is 3.77. The summed E-state index contributed by atoms with van der Waals surface area (Å²) in [4.78, 5) is 17.4. The summed E-state index contributed by atoms with van der Waals surface area (Å²) >= 11 is 5.92. The van der Waals surface area contributed by atoms with Crippen LogP contribution in [0.15, 0.2) is 42.7 Å². The minimum atomic E-state index is -0.903. The maximum atomic E-state index is 12.8. The van der Waals surface area contributed by atoms with Crippen LogP contribution in [0.4, 0.5) is 4.39 Å². The fraction of sp³-hybridized carbons (Fsp3) is 0.200. The number of halogens is 2. The number of carbonyl (C=O) groups excluding carboxylic acids is 1. The average molecular weight is 309 g/mol. The first-order chi connectivity index (χ1) is 9.99. The number of aliphatic hydroxyl groups excluding tert-OH is 1. The summed E-state index contributed by atoms with van der Waals surface area (Å²) in [6.07, 6.45) is 1.96. The van der Waals surface area contributed by atoms with Gasteiger partial charge in [0, 0.05) is 19.4 Å². The van der Waals surface area contributed by atoms with Gasteiger partial charge in [0.25, 0.3) is 5.91 Å². The number of hydrogen-bond acceptors (Lipinski definition) is 3. The molecule has 1 aromatic heterocycles. The van der Waals surface area contributed by atoms with E-state index in [1.54, 1.807) is 7.05 Å². The molecule has 0 aliphatic heterocycles. The molecule has 21 heavy (non-hydrogen) atoms. The normalized spacial score (nSPS) is 12.0. The van der Waals surface area contributed by atoms with Gasteiger partial charge >= 0.3 is 0 Å². The van der Waals surface area contributed by atoms with Gasteiger partial charge < -0.3 is 10.0 Å². The molecule has 1 aromatic carbocycles. The Balaban J connectivity index is 2.07. The molecule has 110 valence electrons. The molecule has 0 saturated heterocycles. The number of aliphatic hydroxyl groups is 1. The van der Waals surface area contributed by atoms with Crippen molar-refractivity contribution in [2.24, 2.45) is 0 Å². The van der Waals surface area contributed by atoms with Crippen LogP contribution < -0.4 is 0 Å². The molecule has 0 unspecified atom stereocenters. The van der Waals surface area contributed by atoms with Crippen LogP contribution in [0, 0.1) is 5.82 Å². The van der Waals surface area contributed by atoms with Crippen molar-refractivity contribution < 1.29 is 14.3 Å². The molecule has 0 aliphatic rings. The SMILES string of the molecule is CN(C[C@@H](O)c1ccc(F)cc1)C(=O)c1ccncc1Cl.